The number of aromatic nitrogens is 1. The maximum atomic E-state index is 11.9. The van der Waals surface area contributed by atoms with Gasteiger partial charge in [-0.1, -0.05) is 13.8 Å². The monoisotopic (exact) mass is 337 g/mol. The Balaban J connectivity index is 1.44. The molecule has 128 valence electrons. The third kappa shape index (κ3) is 4.52. The molecule has 6 heteroatoms. The van der Waals surface area contributed by atoms with Gasteiger partial charge in [-0.2, -0.15) is 0 Å². The fraction of sp³-hybridized carbons (Fsp3) is 0.765. The van der Waals surface area contributed by atoms with Crippen LogP contribution in [0.1, 0.15) is 55.3 Å². The minimum absolute atomic E-state index is 0.0903. The van der Waals surface area contributed by atoms with E-state index in [1.807, 2.05) is 6.20 Å². The molecule has 1 aliphatic heterocycles. The van der Waals surface area contributed by atoms with Gasteiger partial charge in [0.2, 0.25) is 5.91 Å². The molecule has 2 fully saturated rings. The molecule has 1 unspecified atom stereocenters. The van der Waals surface area contributed by atoms with Gasteiger partial charge < -0.3 is 10.4 Å². The predicted molar refractivity (Wildman–Crippen MR) is 91.4 cm³/mol. The van der Waals surface area contributed by atoms with Crippen molar-refractivity contribution in [2.45, 2.75) is 64.1 Å². The van der Waals surface area contributed by atoms with Crippen LogP contribution in [-0.2, 0) is 11.3 Å². The number of amides is 1. The molecule has 0 radical (unpaired) electrons. The molecule has 0 spiro atoms. The molecule has 2 aliphatic rings. The van der Waals surface area contributed by atoms with E-state index in [0.717, 1.165) is 45.3 Å². The molecule has 1 saturated carbocycles. The van der Waals surface area contributed by atoms with Gasteiger partial charge in [-0.25, -0.2) is 4.98 Å². The minimum atomic E-state index is -0.842. The summed E-state index contributed by atoms with van der Waals surface area (Å²) in [7, 11) is 0. The molecule has 3 rings (SSSR count). The second kappa shape index (κ2) is 7.28. The number of hydrogen-bond donors (Lipinski definition) is 2. The van der Waals surface area contributed by atoms with Crippen molar-refractivity contribution in [3.63, 3.8) is 0 Å². The Bertz CT molecular complexity index is 534. The van der Waals surface area contributed by atoms with Crippen LogP contribution in [0.5, 0.6) is 0 Å². The zero-order valence-electron chi connectivity index (χ0n) is 14.0. The Morgan fingerprint density at radius 3 is 2.65 bits per heavy atom. The first-order valence-electron chi connectivity index (χ1n) is 8.68. The maximum Gasteiger partial charge on any atom is 0.249 e. The smallest absolute Gasteiger partial charge is 0.249 e. The lowest BCUT2D eigenvalue weighted by atomic mass is 9.90. The van der Waals surface area contributed by atoms with Gasteiger partial charge in [0, 0.05) is 17.1 Å². The van der Waals surface area contributed by atoms with Crippen LogP contribution >= 0.6 is 11.3 Å². The van der Waals surface area contributed by atoms with Crippen molar-refractivity contribution >= 4 is 17.2 Å². The summed E-state index contributed by atoms with van der Waals surface area (Å²) in [4.78, 5) is 20.2. The van der Waals surface area contributed by atoms with Gasteiger partial charge in [-0.15, -0.1) is 11.3 Å². The van der Waals surface area contributed by atoms with Crippen LogP contribution < -0.4 is 5.32 Å². The van der Waals surface area contributed by atoms with E-state index in [0.29, 0.717) is 12.0 Å². The van der Waals surface area contributed by atoms with Gasteiger partial charge in [0.25, 0.3) is 0 Å². The van der Waals surface area contributed by atoms with Gasteiger partial charge >= 0.3 is 0 Å². The standard InChI is InChI=1S/C17H27N3O2S/c1-11(2)14-9-18-15(23-14)10-20-7-5-12(6-8-20)16(21)17(22)19-13-3-4-13/h9,11-13,16,21H,3-8,10H2,1-2H3,(H,19,22). The fourth-order valence-corrected chi connectivity index (χ4v) is 3.98. The summed E-state index contributed by atoms with van der Waals surface area (Å²) in [5.74, 6) is 0.451. The van der Waals surface area contributed by atoms with Crippen LogP contribution in [0.15, 0.2) is 6.20 Å². The summed E-state index contributed by atoms with van der Waals surface area (Å²) < 4.78 is 0. The van der Waals surface area contributed by atoms with E-state index in [4.69, 9.17) is 0 Å². The van der Waals surface area contributed by atoms with Crippen LogP contribution in [0.4, 0.5) is 0 Å². The molecule has 1 atom stereocenters. The van der Waals surface area contributed by atoms with Gasteiger partial charge in [-0.3, -0.25) is 9.69 Å². The highest BCUT2D eigenvalue weighted by molar-refractivity contribution is 7.11. The van der Waals surface area contributed by atoms with E-state index in [2.05, 4.69) is 29.0 Å². The minimum Gasteiger partial charge on any atom is -0.383 e. The molecular weight excluding hydrogens is 310 g/mol. The lowest BCUT2D eigenvalue weighted by molar-refractivity contribution is -0.133. The zero-order valence-corrected chi connectivity index (χ0v) is 14.8. The summed E-state index contributed by atoms with van der Waals surface area (Å²) in [5, 5.41) is 14.3. The van der Waals surface area contributed by atoms with E-state index in [1.54, 1.807) is 11.3 Å². The van der Waals surface area contributed by atoms with Crippen LogP contribution in [0.3, 0.4) is 0 Å². The molecule has 1 amide bonds. The van der Waals surface area contributed by atoms with Crippen LogP contribution in [0.25, 0.3) is 0 Å². The van der Waals surface area contributed by atoms with Crippen molar-refractivity contribution in [1.82, 2.24) is 15.2 Å². The van der Waals surface area contributed by atoms with E-state index >= 15 is 0 Å². The van der Waals surface area contributed by atoms with Crippen molar-refractivity contribution < 1.29 is 9.90 Å². The Labute approximate surface area is 142 Å². The number of carbonyl (C=O) groups is 1. The number of aliphatic hydroxyl groups is 1. The van der Waals surface area contributed by atoms with Gasteiger partial charge in [0.15, 0.2) is 0 Å². The lowest BCUT2D eigenvalue weighted by Gasteiger charge is -2.33. The number of nitrogens with zero attached hydrogens (tertiary/aromatic N) is 2. The molecule has 2 N–H and O–H groups in total. The quantitative estimate of drug-likeness (QED) is 0.834. The third-order valence-corrected chi connectivity index (χ3v) is 6.05. The van der Waals surface area contributed by atoms with Crippen LogP contribution in [0.2, 0.25) is 0 Å². The third-order valence-electron chi connectivity index (χ3n) is 4.77. The van der Waals surface area contributed by atoms with Crippen molar-refractivity contribution in [2.75, 3.05) is 13.1 Å². The summed E-state index contributed by atoms with van der Waals surface area (Å²) in [6.45, 7) is 7.12. The highest BCUT2D eigenvalue weighted by atomic mass is 32.1. The molecule has 1 saturated heterocycles. The molecule has 0 bridgehead atoms. The highest BCUT2D eigenvalue weighted by Gasteiger charge is 2.33. The van der Waals surface area contributed by atoms with E-state index < -0.39 is 6.10 Å². The maximum absolute atomic E-state index is 11.9. The van der Waals surface area contributed by atoms with Crippen LogP contribution in [-0.4, -0.2) is 46.1 Å². The summed E-state index contributed by atoms with van der Waals surface area (Å²) in [6, 6.07) is 0.317. The van der Waals surface area contributed by atoms with Gasteiger partial charge in [0.05, 0.1) is 6.54 Å². The molecule has 0 aromatic carbocycles. The van der Waals surface area contributed by atoms with E-state index in [9.17, 15) is 9.90 Å². The zero-order chi connectivity index (χ0) is 16.4. The number of aliphatic hydroxyl groups excluding tert-OH is 1. The average Bonchev–Trinajstić information content (AvgIpc) is 3.22. The molecule has 1 aromatic heterocycles. The van der Waals surface area contributed by atoms with Gasteiger partial charge in [-0.05, 0) is 50.6 Å². The van der Waals surface area contributed by atoms with Crippen molar-refractivity contribution in [3.8, 4) is 0 Å². The Morgan fingerprint density at radius 2 is 2.09 bits per heavy atom. The molecule has 5 nitrogen and oxygen atoms in total. The first-order valence-corrected chi connectivity index (χ1v) is 9.50. The number of carbonyl (C=O) groups excluding carboxylic acids is 1. The lowest BCUT2D eigenvalue weighted by Crippen LogP contribution is -2.44. The predicted octanol–water partition coefficient (Wildman–Crippen LogP) is 2.12. The second-order valence-corrected chi connectivity index (χ2v) is 8.30. The Hall–Kier alpha value is -0.980. The summed E-state index contributed by atoms with van der Waals surface area (Å²) >= 11 is 1.79. The summed E-state index contributed by atoms with van der Waals surface area (Å²) in [5.41, 5.74) is 0. The van der Waals surface area contributed by atoms with Crippen molar-refractivity contribution in [3.05, 3.63) is 16.1 Å². The molecule has 23 heavy (non-hydrogen) atoms. The average molecular weight is 337 g/mol. The number of nitrogens with one attached hydrogen (secondary N) is 1. The van der Waals surface area contributed by atoms with Crippen molar-refractivity contribution in [1.29, 1.82) is 0 Å². The number of rotatable bonds is 6. The fourth-order valence-electron chi connectivity index (χ4n) is 3.01. The first kappa shape index (κ1) is 16.9. The Kier molecular flexibility index (Phi) is 5.34. The molecule has 1 aliphatic carbocycles. The topological polar surface area (TPSA) is 65.5 Å². The SMILES string of the molecule is CC(C)c1cnc(CN2CCC(C(O)C(=O)NC3CC3)CC2)s1. The largest absolute Gasteiger partial charge is 0.383 e. The number of hydrogen-bond acceptors (Lipinski definition) is 5. The molecule has 1 aromatic rings. The van der Waals surface area contributed by atoms with Gasteiger partial charge in [0.1, 0.15) is 11.1 Å². The highest BCUT2D eigenvalue weighted by Crippen LogP contribution is 2.26. The van der Waals surface area contributed by atoms with E-state index in [-0.39, 0.29) is 11.8 Å². The van der Waals surface area contributed by atoms with Crippen molar-refractivity contribution in [2.24, 2.45) is 5.92 Å². The van der Waals surface area contributed by atoms with E-state index in [1.165, 1.54) is 9.88 Å². The van der Waals surface area contributed by atoms with Crippen LogP contribution in [0, 0.1) is 5.92 Å². The first-order chi connectivity index (χ1) is 11.0. The number of piperidine rings is 1. The normalized spacial score (nSPS) is 21.6. The Morgan fingerprint density at radius 1 is 1.39 bits per heavy atom. The number of likely N-dealkylation sites (tertiary alicyclic amines) is 1. The number of thiazole rings is 1. The summed E-state index contributed by atoms with van der Waals surface area (Å²) in [6.07, 6.45) is 5.02. The second-order valence-electron chi connectivity index (χ2n) is 7.15. The molecular formula is C17H27N3O2S. The molecule has 2 heterocycles.